The van der Waals surface area contributed by atoms with Gasteiger partial charge < -0.3 is 15.3 Å². The molecule has 2 atom stereocenters. The maximum Gasteiger partial charge on any atom is 0.326 e. The Morgan fingerprint density at radius 2 is 2.25 bits per heavy atom. The number of rotatable bonds is 5. The number of nitrogens with one attached hydrogen (secondary N) is 1. The molecular weight excluding hydrogens is 208 g/mol. The average molecular weight is 228 g/mol. The molecule has 1 heterocycles. The van der Waals surface area contributed by atoms with E-state index >= 15 is 0 Å². The lowest BCUT2D eigenvalue weighted by Gasteiger charge is -2.24. The number of nitrogens with zero attached hydrogens (tertiary/aromatic N) is 1. The summed E-state index contributed by atoms with van der Waals surface area (Å²) in [4.78, 5) is 24.1. The van der Waals surface area contributed by atoms with Gasteiger partial charge in [0.25, 0.3) is 0 Å². The van der Waals surface area contributed by atoms with Crippen molar-refractivity contribution in [1.82, 2.24) is 10.2 Å². The topological polar surface area (TPSA) is 69.6 Å². The van der Waals surface area contributed by atoms with Crippen molar-refractivity contribution in [1.29, 1.82) is 0 Å². The van der Waals surface area contributed by atoms with E-state index in [4.69, 9.17) is 5.11 Å². The lowest BCUT2D eigenvalue weighted by Crippen LogP contribution is -2.42. The van der Waals surface area contributed by atoms with Gasteiger partial charge in [0, 0.05) is 13.5 Å². The van der Waals surface area contributed by atoms with Crippen molar-refractivity contribution in [3.63, 3.8) is 0 Å². The van der Waals surface area contributed by atoms with Crippen LogP contribution >= 0.6 is 0 Å². The molecule has 1 fully saturated rings. The number of carbonyl (C=O) groups is 2. The zero-order valence-corrected chi connectivity index (χ0v) is 9.90. The molecule has 0 aromatic carbocycles. The summed E-state index contributed by atoms with van der Waals surface area (Å²) >= 11 is 0. The summed E-state index contributed by atoms with van der Waals surface area (Å²) in [7, 11) is 1.58. The van der Waals surface area contributed by atoms with Crippen LogP contribution < -0.4 is 5.32 Å². The van der Waals surface area contributed by atoms with E-state index in [9.17, 15) is 9.59 Å². The van der Waals surface area contributed by atoms with E-state index in [-0.39, 0.29) is 5.91 Å². The van der Waals surface area contributed by atoms with Gasteiger partial charge in [-0.25, -0.2) is 4.79 Å². The third-order valence-electron chi connectivity index (χ3n) is 3.16. The highest BCUT2D eigenvalue weighted by Gasteiger charge is 2.27. The van der Waals surface area contributed by atoms with Gasteiger partial charge in [-0.15, -0.1) is 0 Å². The number of likely N-dealkylation sites (N-methyl/N-ethyl adjacent to an activating group) is 1. The van der Waals surface area contributed by atoms with Gasteiger partial charge in [-0.1, -0.05) is 6.92 Å². The van der Waals surface area contributed by atoms with Crippen LogP contribution in [0.25, 0.3) is 0 Å². The lowest BCUT2D eigenvalue weighted by molar-refractivity contribution is -0.149. The van der Waals surface area contributed by atoms with Crippen molar-refractivity contribution in [3.8, 4) is 0 Å². The minimum Gasteiger partial charge on any atom is -0.480 e. The first-order valence-corrected chi connectivity index (χ1v) is 5.75. The van der Waals surface area contributed by atoms with Gasteiger partial charge in [-0.3, -0.25) is 4.79 Å². The van der Waals surface area contributed by atoms with E-state index in [2.05, 4.69) is 5.32 Å². The van der Waals surface area contributed by atoms with Gasteiger partial charge in [-0.2, -0.15) is 0 Å². The molecule has 0 spiro atoms. The molecule has 1 amide bonds. The van der Waals surface area contributed by atoms with E-state index in [1.807, 2.05) is 0 Å². The molecular formula is C11H20N2O3. The van der Waals surface area contributed by atoms with Gasteiger partial charge in [0.2, 0.25) is 5.91 Å². The van der Waals surface area contributed by atoms with Crippen LogP contribution in [0.3, 0.4) is 0 Å². The summed E-state index contributed by atoms with van der Waals surface area (Å²) in [6, 6.07) is -0.693. The summed E-state index contributed by atoms with van der Waals surface area (Å²) in [6.07, 6.45) is 1.90. The van der Waals surface area contributed by atoms with Gasteiger partial charge in [0.1, 0.15) is 6.04 Å². The van der Waals surface area contributed by atoms with Crippen LogP contribution in [0.15, 0.2) is 0 Å². The highest BCUT2D eigenvalue weighted by atomic mass is 16.4. The second-order valence-corrected chi connectivity index (χ2v) is 4.33. The minimum atomic E-state index is -0.928. The van der Waals surface area contributed by atoms with Crippen LogP contribution in [0.1, 0.15) is 26.2 Å². The van der Waals surface area contributed by atoms with E-state index < -0.39 is 12.0 Å². The molecule has 1 aliphatic rings. The molecule has 5 heteroatoms. The van der Waals surface area contributed by atoms with Crippen LogP contribution in [0, 0.1) is 5.92 Å². The van der Waals surface area contributed by atoms with Gasteiger partial charge in [0.15, 0.2) is 0 Å². The molecule has 0 saturated carbocycles. The number of carboxylic acid groups (broad SMARTS) is 1. The van der Waals surface area contributed by atoms with Crippen molar-refractivity contribution >= 4 is 11.9 Å². The Hall–Kier alpha value is -1.10. The monoisotopic (exact) mass is 228 g/mol. The highest BCUT2D eigenvalue weighted by molar-refractivity contribution is 5.83. The lowest BCUT2D eigenvalue weighted by atomic mass is 10.0. The van der Waals surface area contributed by atoms with Crippen molar-refractivity contribution in [2.45, 2.75) is 32.2 Å². The number of hydrogen-bond donors (Lipinski definition) is 2. The smallest absolute Gasteiger partial charge is 0.326 e. The van der Waals surface area contributed by atoms with Crippen molar-refractivity contribution in [2.24, 2.45) is 5.92 Å². The molecule has 0 radical (unpaired) electrons. The van der Waals surface area contributed by atoms with Crippen molar-refractivity contribution in [3.05, 3.63) is 0 Å². The molecule has 0 aromatic heterocycles. The number of carbonyl (C=O) groups excluding carboxylic acids is 1. The maximum atomic E-state index is 11.8. The predicted molar refractivity (Wildman–Crippen MR) is 60.1 cm³/mol. The van der Waals surface area contributed by atoms with E-state index in [0.29, 0.717) is 18.8 Å². The first-order valence-electron chi connectivity index (χ1n) is 5.75. The summed E-state index contributed by atoms with van der Waals surface area (Å²) in [6.45, 7) is 3.60. The van der Waals surface area contributed by atoms with Crippen LogP contribution in [-0.2, 0) is 9.59 Å². The van der Waals surface area contributed by atoms with Gasteiger partial charge >= 0.3 is 5.97 Å². The van der Waals surface area contributed by atoms with Crippen LogP contribution in [0.5, 0.6) is 0 Å². The van der Waals surface area contributed by atoms with E-state index in [1.165, 1.54) is 4.90 Å². The number of amides is 1. The fourth-order valence-corrected chi connectivity index (χ4v) is 2.07. The fraction of sp³-hybridized carbons (Fsp3) is 0.818. The molecule has 5 nitrogen and oxygen atoms in total. The third kappa shape index (κ3) is 3.20. The standard InChI is InChI=1S/C11H20N2O3/c1-3-9(11(15)16)13(2)10(14)6-8-4-5-12-7-8/h8-9,12H,3-7H2,1-2H3,(H,15,16). The second kappa shape index (κ2) is 5.84. The van der Waals surface area contributed by atoms with E-state index in [0.717, 1.165) is 19.5 Å². The molecule has 1 rings (SSSR count). The van der Waals surface area contributed by atoms with Crippen LogP contribution in [-0.4, -0.2) is 48.1 Å². The second-order valence-electron chi connectivity index (χ2n) is 4.33. The summed E-state index contributed by atoms with van der Waals surface area (Å²) in [5.41, 5.74) is 0. The Kier molecular flexibility index (Phi) is 4.73. The first-order chi connectivity index (χ1) is 7.56. The Bertz CT molecular complexity index is 262. The maximum absolute atomic E-state index is 11.8. The molecule has 2 N–H and O–H groups in total. The normalized spacial score (nSPS) is 21.8. The quantitative estimate of drug-likeness (QED) is 0.710. The molecule has 1 saturated heterocycles. The zero-order valence-electron chi connectivity index (χ0n) is 9.90. The van der Waals surface area contributed by atoms with Crippen molar-refractivity contribution < 1.29 is 14.7 Å². The molecule has 1 aliphatic heterocycles. The number of aliphatic carboxylic acids is 1. The van der Waals surface area contributed by atoms with Gasteiger partial charge in [0.05, 0.1) is 0 Å². The largest absolute Gasteiger partial charge is 0.480 e. The third-order valence-corrected chi connectivity index (χ3v) is 3.16. The number of carboxylic acids is 1. The summed E-state index contributed by atoms with van der Waals surface area (Å²) in [5.74, 6) is -0.632. The fourth-order valence-electron chi connectivity index (χ4n) is 2.07. The Morgan fingerprint density at radius 3 is 2.69 bits per heavy atom. The highest BCUT2D eigenvalue weighted by Crippen LogP contribution is 2.15. The average Bonchev–Trinajstić information content (AvgIpc) is 2.70. The predicted octanol–water partition coefficient (Wildman–Crippen LogP) is 0.308. The Labute approximate surface area is 95.8 Å². The first kappa shape index (κ1) is 13.0. The van der Waals surface area contributed by atoms with Crippen LogP contribution in [0.4, 0.5) is 0 Å². The zero-order chi connectivity index (χ0) is 12.1. The van der Waals surface area contributed by atoms with Gasteiger partial charge in [-0.05, 0) is 31.8 Å². The summed E-state index contributed by atoms with van der Waals surface area (Å²) < 4.78 is 0. The van der Waals surface area contributed by atoms with E-state index in [1.54, 1.807) is 14.0 Å². The van der Waals surface area contributed by atoms with Crippen molar-refractivity contribution in [2.75, 3.05) is 20.1 Å². The summed E-state index contributed by atoms with van der Waals surface area (Å²) in [5, 5.41) is 12.1. The number of hydrogen-bond acceptors (Lipinski definition) is 3. The Balaban J connectivity index is 2.48. The molecule has 92 valence electrons. The SMILES string of the molecule is CCC(C(=O)O)N(C)C(=O)CC1CCNC1. The van der Waals surface area contributed by atoms with Crippen LogP contribution in [0.2, 0.25) is 0 Å². The molecule has 16 heavy (non-hydrogen) atoms. The molecule has 0 bridgehead atoms. The molecule has 2 unspecified atom stereocenters. The molecule has 0 aromatic rings. The minimum absolute atomic E-state index is 0.0667. The Morgan fingerprint density at radius 1 is 1.56 bits per heavy atom. The molecule has 0 aliphatic carbocycles.